The van der Waals surface area contributed by atoms with Crippen molar-refractivity contribution >= 4 is 28.8 Å². The molecule has 0 bridgehead atoms. The average molecular weight is 291 g/mol. The molecule has 0 aliphatic carbocycles. The van der Waals surface area contributed by atoms with Gasteiger partial charge in [-0.25, -0.2) is 0 Å². The number of aromatic nitrogens is 2. The molecule has 0 saturated heterocycles. The van der Waals surface area contributed by atoms with Crippen molar-refractivity contribution in [3.63, 3.8) is 0 Å². The molecule has 5 nitrogen and oxygen atoms in total. The van der Waals surface area contributed by atoms with Gasteiger partial charge in [-0.2, -0.15) is 0 Å². The minimum absolute atomic E-state index is 0.213. The molecule has 102 valence electrons. The zero-order chi connectivity index (χ0) is 13.7. The molecule has 1 aromatic heterocycles. The molecule has 18 heavy (non-hydrogen) atoms. The van der Waals surface area contributed by atoms with Crippen LogP contribution in [0.4, 0.5) is 0 Å². The number of hydrogen-bond acceptors (Lipinski definition) is 5. The molecule has 7 heteroatoms. The second kappa shape index (κ2) is 7.01. The quantitative estimate of drug-likeness (QED) is 0.869. The van der Waals surface area contributed by atoms with Crippen LogP contribution in [0.1, 0.15) is 30.1 Å². The molecule has 1 atom stereocenters. The van der Waals surface area contributed by atoms with Gasteiger partial charge in [0.15, 0.2) is 0 Å². The normalized spacial score (nSPS) is 13.1. The van der Waals surface area contributed by atoms with E-state index in [2.05, 4.69) is 34.3 Å². The Bertz CT molecular complexity index is 394. The second-order valence-corrected chi connectivity index (χ2v) is 6.38. The molecule has 1 aromatic rings. The lowest BCUT2D eigenvalue weighted by Gasteiger charge is -2.26. The third kappa shape index (κ3) is 4.88. The Labute approximate surface area is 117 Å². The molecule has 0 fully saturated rings. The van der Waals surface area contributed by atoms with Crippen LogP contribution in [0.3, 0.4) is 0 Å². The van der Waals surface area contributed by atoms with Crippen LogP contribution >= 0.6 is 22.9 Å². The third-order valence-electron chi connectivity index (χ3n) is 2.57. The van der Waals surface area contributed by atoms with Gasteiger partial charge in [0.1, 0.15) is 0 Å². The Morgan fingerprint density at radius 3 is 2.56 bits per heavy atom. The first-order valence-electron chi connectivity index (χ1n) is 5.83. The van der Waals surface area contributed by atoms with Gasteiger partial charge in [-0.3, -0.25) is 4.79 Å². The van der Waals surface area contributed by atoms with E-state index in [-0.39, 0.29) is 10.4 Å². The molecule has 0 spiro atoms. The summed E-state index contributed by atoms with van der Waals surface area (Å²) in [5.74, 6) is 0.375. The standard InChI is InChI=1S/C11H19ClN4OS/c1-7(2)5-8(16(3)4)6-13-9(17)10-14-15-11(12)18-10/h7-8H,5-6H2,1-4H3,(H,13,17). The summed E-state index contributed by atoms with van der Waals surface area (Å²) in [5.41, 5.74) is 0. The van der Waals surface area contributed by atoms with E-state index in [1.54, 1.807) is 0 Å². The smallest absolute Gasteiger partial charge is 0.282 e. The van der Waals surface area contributed by atoms with Crippen LogP contribution in [0.15, 0.2) is 0 Å². The van der Waals surface area contributed by atoms with Crippen molar-refractivity contribution in [1.82, 2.24) is 20.4 Å². The molecule has 0 aliphatic rings. The average Bonchev–Trinajstić information content (AvgIpc) is 2.69. The van der Waals surface area contributed by atoms with E-state index < -0.39 is 0 Å². The maximum absolute atomic E-state index is 11.8. The van der Waals surface area contributed by atoms with Crippen LogP contribution in [0.5, 0.6) is 0 Å². The zero-order valence-corrected chi connectivity index (χ0v) is 12.7. The fourth-order valence-corrected chi connectivity index (χ4v) is 2.35. The van der Waals surface area contributed by atoms with Crippen LogP contribution in [0.25, 0.3) is 0 Å². The molecule has 1 rings (SSSR count). The van der Waals surface area contributed by atoms with Crippen molar-refractivity contribution in [3.05, 3.63) is 9.47 Å². The molecular weight excluding hydrogens is 272 g/mol. The van der Waals surface area contributed by atoms with Gasteiger partial charge >= 0.3 is 0 Å². The van der Waals surface area contributed by atoms with Gasteiger partial charge in [0.2, 0.25) is 9.47 Å². The van der Waals surface area contributed by atoms with Crippen LogP contribution in [0, 0.1) is 5.92 Å². The Hall–Kier alpha value is -0.720. The van der Waals surface area contributed by atoms with Gasteiger partial charge in [0.05, 0.1) is 0 Å². The van der Waals surface area contributed by atoms with E-state index in [4.69, 9.17) is 11.6 Å². The molecule has 1 N–H and O–H groups in total. The minimum Gasteiger partial charge on any atom is -0.348 e. The second-order valence-electron chi connectivity index (χ2n) is 4.82. The number of nitrogens with zero attached hydrogens (tertiary/aromatic N) is 3. The van der Waals surface area contributed by atoms with Gasteiger partial charge in [-0.15, -0.1) is 10.2 Å². The summed E-state index contributed by atoms with van der Waals surface area (Å²) in [6.07, 6.45) is 1.03. The monoisotopic (exact) mass is 290 g/mol. The maximum atomic E-state index is 11.8. The molecule has 0 saturated carbocycles. The van der Waals surface area contributed by atoms with E-state index in [1.165, 1.54) is 0 Å². The summed E-state index contributed by atoms with van der Waals surface area (Å²) >= 11 is 6.73. The SMILES string of the molecule is CC(C)CC(CNC(=O)c1nnc(Cl)s1)N(C)C. The summed E-state index contributed by atoms with van der Waals surface area (Å²) in [6.45, 7) is 4.94. The predicted molar refractivity (Wildman–Crippen MR) is 74.2 cm³/mol. The highest BCUT2D eigenvalue weighted by Crippen LogP contribution is 2.14. The highest BCUT2D eigenvalue weighted by molar-refractivity contribution is 7.17. The van der Waals surface area contributed by atoms with E-state index in [1.807, 2.05) is 14.1 Å². The number of halogens is 1. The van der Waals surface area contributed by atoms with Gasteiger partial charge in [-0.05, 0) is 38.0 Å². The Kier molecular flexibility index (Phi) is 5.98. The van der Waals surface area contributed by atoms with E-state index in [9.17, 15) is 4.79 Å². The van der Waals surface area contributed by atoms with Crippen LogP contribution in [0.2, 0.25) is 4.47 Å². The summed E-state index contributed by atoms with van der Waals surface area (Å²) in [5, 5.41) is 10.5. The molecule has 1 heterocycles. The van der Waals surface area contributed by atoms with Crippen molar-refractivity contribution < 1.29 is 4.79 Å². The topological polar surface area (TPSA) is 58.1 Å². The number of carbonyl (C=O) groups excluding carboxylic acids is 1. The summed E-state index contributed by atoms with van der Waals surface area (Å²) in [6, 6.07) is 0.317. The number of rotatable bonds is 6. The molecular formula is C11H19ClN4OS. The lowest BCUT2D eigenvalue weighted by atomic mass is 10.0. The highest BCUT2D eigenvalue weighted by Gasteiger charge is 2.17. The van der Waals surface area contributed by atoms with Gasteiger partial charge in [0.25, 0.3) is 5.91 Å². The van der Waals surface area contributed by atoms with Gasteiger partial charge in [0, 0.05) is 12.6 Å². The highest BCUT2D eigenvalue weighted by atomic mass is 35.5. The number of carbonyl (C=O) groups is 1. The first-order valence-corrected chi connectivity index (χ1v) is 7.03. The lowest BCUT2D eigenvalue weighted by molar-refractivity contribution is 0.0937. The van der Waals surface area contributed by atoms with Crippen molar-refractivity contribution in [1.29, 1.82) is 0 Å². The molecule has 0 aromatic carbocycles. The number of nitrogens with one attached hydrogen (secondary N) is 1. The maximum Gasteiger partial charge on any atom is 0.282 e. The van der Waals surface area contributed by atoms with Crippen LogP contribution in [-0.4, -0.2) is 47.7 Å². The predicted octanol–water partition coefficient (Wildman–Crippen LogP) is 1.90. The van der Waals surface area contributed by atoms with Crippen molar-refractivity contribution in [3.8, 4) is 0 Å². The fourth-order valence-electron chi connectivity index (χ4n) is 1.60. The van der Waals surface area contributed by atoms with E-state index in [0.717, 1.165) is 17.8 Å². The first kappa shape index (κ1) is 15.3. The van der Waals surface area contributed by atoms with Crippen molar-refractivity contribution in [2.24, 2.45) is 5.92 Å². The van der Waals surface area contributed by atoms with Crippen LogP contribution < -0.4 is 5.32 Å². The van der Waals surface area contributed by atoms with Gasteiger partial charge < -0.3 is 10.2 Å². The van der Waals surface area contributed by atoms with Gasteiger partial charge in [-0.1, -0.05) is 25.2 Å². The summed E-state index contributed by atoms with van der Waals surface area (Å²) in [7, 11) is 4.03. The summed E-state index contributed by atoms with van der Waals surface area (Å²) in [4.78, 5) is 13.9. The Balaban J connectivity index is 2.49. The third-order valence-corrected chi connectivity index (χ3v) is 3.58. The number of hydrogen-bond donors (Lipinski definition) is 1. The van der Waals surface area contributed by atoms with Crippen LogP contribution in [-0.2, 0) is 0 Å². The largest absolute Gasteiger partial charge is 0.348 e. The lowest BCUT2D eigenvalue weighted by Crippen LogP contribution is -2.41. The number of amides is 1. The molecule has 1 amide bonds. The van der Waals surface area contributed by atoms with E-state index in [0.29, 0.717) is 23.5 Å². The molecule has 0 aliphatic heterocycles. The first-order chi connectivity index (χ1) is 8.40. The minimum atomic E-state index is -0.213. The Morgan fingerprint density at radius 2 is 2.11 bits per heavy atom. The fraction of sp³-hybridized carbons (Fsp3) is 0.727. The van der Waals surface area contributed by atoms with Crippen molar-refractivity contribution in [2.45, 2.75) is 26.3 Å². The Morgan fingerprint density at radius 1 is 1.44 bits per heavy atom. The summed E-state index contributed by atoms with van der Waals surface area (Å²) < 4.78 is 0.284. The molecule has 1 unspecified atom stereocenters. The van der Waals surface area contributed by atoms with Crippen molar-refractivity contribution in [2.75, 3.05) is 20.6 Å². The van der Waals surface area contributed by atoms with E-state index >= 15 is 0 Å². The number of likely N-dealkylation sites (N-methyl/N-ethyl adjacent to an activating group) is 1. The molecule has 0 radical (unpaired) electrons. The zero-order valence-electron chi connectivity index (χ0n) is 11.1.